The Kier molecular flexibility index (Phi) is 4.37. The van der Waals surface area contributed by atoms with Crippen LogP contribution >= 0.6 is 0 Å². The van der Waals surface area contributed by atoms with Crippen molar-refractivity contribution in [3.8, 4) is 5.95 Å². The van der Waals surface area contributed by atoms with Gasteiger partial charge in [0.2, 0.25) is 5.95 Å². The van der Waals surface area contributed by atoms with E-state index in [1.165, 1.54) is 9.13 Å². The Balaban J connectivity index is 2.44. The number of hydrogen-bond donors (Lipinski definition) is 0. The SMILES string of the molecule is CCn1c(-n2nc(C)c(C)c2C)nc2c1c(=O)n(CC(C)C)c(=O)n2C. The maximum Gasteiger partial charge on any atom is 0.332 e. The maximum atomic E-state index is 13.1. The van der Waals surface area contributed by atoms with E-state index >= 15 is 0 Å². The second kappa shape index (κ2) is 6.26. The van der Waals surface area contributed by atoms with Crippen LogP contribution in [-0.4, -0.2) is 28.5 Å². The fourth-order valence-corrected chi connectivity index (χ4v) is 3.26. The number of aromatic nitrogens is 6. The second-order valence-electron chi connectivity index (χ2n) is 7.19. The summed E-state index contributed by atoms with van der Waals surface area (Å²) < 4.78 is 6.35. The normalized spacial score (nSPS) is 11.8. The molecule has 0 aliphatic heterocycles. The first-order chi connectivity index (χ1) is 12.2. The zero-order valence-electron chi connectivity index (χ0n) is 16.5. The fraction of sp³-hybridized carbons (Fsp3) is 0.556. The smallest absolute Gasteiger partial charge is 0.303 e. The van der Waals surface area contributed by atoms with Gasteiger partial charge in [-0.2, -0.15) is 10.1 Å². The lowest BCUT2D eigenvalue weighted by molar-refractivity contribution is 0.483. The van der Waals surface area contributed by atoms with Crippen molar-refractivity contribution in [2.24, 2.45) is 13.0 Å². The highest BCUT2D eigenvalue weighted by Crippen LogP contribution is 2.19. The first-order valence-corrected chi connectivity index (χ1v) is 8.92. The highest BCUT2D eigenvalue weighted by Gasteiger charge is 2.22. The first kappa shape index (κ1) is 18.2. The standard InChI is InChI=1S/C18H26N6O2/c1-8-22-14-15(19-17(22)24-13(6)11(4)12(5)20-24)21(7)18(26)23(16(14)25)9-10(2)3/h10H,8-9H2,1-7H3. The Morgan fingerprint density at radius 2 is 1.73 bits per heavy atom. The van der Waals surface area contributed by atoms with E-state index in [-0.39, 0.29) is 17.2 Å². The topological polar surface area (TPSA) is 79.6 Å². The molecule has 3 heterocycles. The summed E-state index contributed by atoms with van der Waals surface area (Å²) in [6.45, 7) is 12.8. The van der Waals surface area contributed by atoms with Crippen molar-refractivity contribution >= 4 is 11.2 Å². The van der Waals surface area contributed by atoms with Crippen molar-refractivity contribution in [2.75, 3.05) is 0 Å². The van der Waals surface area contributed by atoms with Gasteiger partial charge in [0.05, 0.1) is 5.69 Å². The summed E-state index contributed by atoms with van der Waals surface area (Å²) in [6.07, 6.45) is 0. The molecule has 0 amide bonds. The van der Waals surface area contributed by atoms with Crippen LogP contribution in [0.1, 0.15) is 37.7 Å². The number of fused-ring (bicyclic) bond motifs is 1. The number of imidazole rings is 1. The monoisotopic (exact) mass is 358 g/mol. The Hall–Kier alpha value is -2.64. The molecule has 0 aliphatic rings. The average molecular weight is 358 g/mol. The second-order valence-corrected chi connectivity index (χ2v) is 7.19. The van der Waals surface area contributed by atoms with Gasteiger partial charge in [0, 0.05) is 25.8 Å². The molecule has 0 fully saturated rings. The molecule has 8 heteroatoms. The zero-order valence-corrected chi connectivity index (χ0v) is 16.5. The van der Waals surface area contributed by atoms with E-state index < -0.39 is 0 Å². The van der Waals surface area contributed by atoms with Crippen LogP contribution in [-0.2, 0) is 20.1 Å². The molecule has 0 spiro atoms. The third-order valence-corrected chi connectivity index (χ3v) is 4.92. The molecule has 0 atom stereocenters. The van der Waals surface area contributed by atoms with Crippen molar-refractivity contribution < 1.29 is 0 Å². The van der Waals surface area contributed by atoms with E-state index in [4.69, 9.17) is 0 Å². The van der Waals surface area contributed by atoms with Gasteiger partial charge < -0.3 is 4.57 Å². The van der Waals surface area contributed by atoms with Crippen LogP contribution in [0.25, 0.3) is 17.1 Å². The van der Waals surface area contributed by atoms with Crippen molar-refractivity contribution in [1.29, 1.82) is 0 Å². The first-order valence-electron chi connectivity index (χ1n) is 8.92. The summed E-state index contributed by atoms with van der Waals surface area (Å²) in [7, 11) is 1.66. The molecule has 0 aliphatic carbocycles. The maximum absolute atomic E-state index is 13.1. The van der Waals surface area contributed by atoms with Gasteiger partial charge in [-0.15, -0.1) is 0 Å². The molecule has 3 aromatic heterocycles. The molecule has 3 aromatic rings. The number of rotatable bonds is 4. The van der Waals surface area contributed by atoms with E-state index in [1.807, 2.05) is 46.1 Å². The third-order valence-electron chi connectivity index (χ3n) is 4.92. The molecule has 0 N–H and O–H groups in total. The van der Waals surface area contributed by atoms with Gasteiger partial charge >= 0.3 is 5.69 Å². The molecule has 140 valence electrons. The van der Waals surface area contributed by atoms with Crippen molar-refractivity contribution in [3.63, 3.8) is 0 Å². The molecule has 0 saturated heterocycles. The summed E-state index contributed by atoms with van der Waals surface area (Å²) in [5.41, 5.74) is 3.18. The minimum Gasteiger partial charge on any atom is -0.303 e. The van der Waals surface area contributed by atoms with Gasteiger partial charge in [-0.05, 0) is 39.2 Å². The molecular weight excluding hydrogens is 332 g/mol. The lowest BCUT2D eigenvalue weighted by atomic mass is 10.2. The molecule has 26 heavy (non-hydrogen) atoms. The summed E-state index contributed by atoms with van der Waals surface area (Å²) in [5, 5.41) is 4.57. The van der Waals surface area contributed by atoms with Gasteiger partial charge in [-0.25, -0.2) is 9.48 Å². The average Bonchev–Trinajstić information content (AvgIpc) is 3.09. The molecular formula is C18H26N6O2. The summed E-state index contributed by atoms with van der Waals surface area (Å²) in [4.78, 5) is 30.4. The number of hydrogen-bond acceptors (Lipinski definition) is 4. The van der Waals surface area contributed by atoms with E-state index in [2.05, 4.69) is 10.1 Å². The fourth-order valence-electron chi connectivity index (χ4n) is 3.26. The Labute approximate surface area is 151 Å². The predicted molar refractivity (Wildman–Crippen MR) is 101 cm³/mol. The van der Waals surface area contributed by atoms with E-state index in [1.54, 1.807) is 11.7 Å². The molecule has 0 unspecified atom stereocenters. The van der Waals surface area contributed by atoms with Crippen LogP contribution in [0.5, 0.6) is 0 Å². The molecule has 0 radical (unpaired) electrons. The van der Waals surface area contributed by atoms with Crippen molar-refractivity contribution in [2.45, 2.75) is 54.6 Å². The molecule has 0 aromatic carbocycles. The van der Waals surface area contributed by atoms with Crippen LogP contribution in [0.3, 0.4) is 0 Å². The summed E-state index contributed by atoms with van der Waals surface area (Å²) in [5.74, 6) is 0.750. The zero-order chi connectivity index (χ0) is 19.3. The number of aryl methyl sites for hydroxylation is 3. The highest BCUT2D eigenvalue weighted by molar-refractivity contribution is 5.72. The largest absolute Gasteiger partial charge is 0.332 e. The molecule has 8 nitrogen and oxygen atoms in total. The quantitative estimate of drug-likeness (QED) is 0.711. The summed E-state index contributed by atoms with van der Waals surface area (Å²) >= 11 is 0. The van der Waals surface area contributed by atoms with Gasteiger partial charge in [-0.3, -0.25) is 13.9 Å². The lowest BCUT2D eigenvalue weighted by Gasteiger charge is -2.11. The van der Waals surface area contributed by atoms with Gasteiger partial charge in [0.1, 0.15) is 0 Å². The molecule has 3 rings (SSSR count). The lowest BCUT2D eigenvalue weighted by Crippen LogP contribution is -2.40. The van der Waals surface area contributed by atoms with E-state index in [0.29, 0.717) is 30.2 Å². The third kappa shape index (κ3) is 2.51. The van der Waals surface area contributed by atoms with Crippen molar-refractivity contribution in [3.05, 3.63) is 37.8 Å². The van der Waals surface area contributed by atoms with Gasteiger partial charge in [0.15, 0.2) is 11.2 Å². The predicted octanol–water partition coefficient (Wildman–Crippen LogP) is 1.68. The van der Waals surface area contributed by atoms with Crippen LogP contribution in [0, 0.1) is 26.7 Å². The number of nitrogens with zero attached hydrogens (tertiary/aromatic N) is 6. The van der Waals surface area contributed by atoms with E-state index in [0.717, 1.165) is 17.0 Å². The van der Waals surface area contributed by atoms with Crippen molar-refractivity contribution in [1.82, 2.24) is 28.5 Å². The minimum atomic E-state index is -0.340. The Bertz CT molecular complexity index is 1110. The van der Waals surface area contributed by atoms with E-state index in [9.17, 15) is 9.59 Å². The Morgan fingerprint density at radius 3 is 2.23 bits per heavy atom. The molecule has 0 bridgehead atoms. The van der Waals surface area contributed by atoms with Crippen LogP contribution in [0.15, 0.2) is 9.59 Å². The van der Waals surface area contributed by atoms with Gasteiger partial charge in [0.25, 0.3) is 5.56 Å². The highest BCUT2D eigenvalue weighted by atomic mass is 16.2. The van der Waals surface area contributed by atoms with Gasteiger partial charge in [-0.1, -0.05) is 13.8 Å². The Morgan fingerprint density at radius 1 is 1.08 bits per heavy atom. The van der Waals surface area contributed by atoms with Crippen LogP contribution in [0.4, 0.5) is 0 Å². The minimum absolute atomic E-state index is 0.189. The van der Waals surface area contributed by atoms with Crippen LogP contribution in [0.2, 0.25) is 0 Å². The van der Waals surface area contributed by atoms with Crippen LogP contribution < -0.4 is 11.2 Å². The summed E-state index contributed by atoms with van der Waals surface area (Å²) in [6, 6.07) is 0. The molecule has 0 saturated carbocycles.